The topological polar surface area (TPSA) is 42.2 Å². The van der Waals surface area contributed by atoms with Gasteiger partial charge in [-0.1, -0.05) is 35.3 Å². The van der Waals surface area contributed by atoms with E-state index >= 15 is 0 Å². The summed E-state index contributed by atoms with van der Waals surface area (Å²) in [5.74, 6) is -1.57. The van der Waals surface area contributed by atoms with E-state index in [1.807, 2.05) is 0 Å². The van der Waals surface area contributed by atoms with Gasteiger partial charge < -0.3 is 9.67 Å². The zero-order chi connectivity index (χ0) is 15.9. The van der Waals surface area contributed by atoms with E-state index in [1.165, 1.54) is 12.1 Å². The summed E-state index contributed by atoms with van der Waals surface area (Å²) in [6.07, 6.45) is 0. The number of carboxylic acids is 1. The molecular formula is C16H10Cl2FNO2. The number of rotatable bonds is 3. The zero-order valence-electron chi connectivity index (χ0n) is 11.2. The Morgan fingerprint density at radius 2 is 1.91 bits per heavy atom. The fourth-order valence-corrected chi connectivity index (χ4v) is 2.74. The molecule has 1 heterocycles. The van der Waals surface area contributed by atoms with Gasteiger partial charge in [0.2, 0.25) is 0 Å². The molecule has 3 nitrogen and oxygen atoms in total. The lowest BCUT2D eigenvalue weighted by atomic mass is 10.2. The van der Waals surface area contributed by atoms with Gasteiger partial charge >= 0.3 is 5.97 Å². The van der Waals surface area contributed by atoms with Crippen molar-refractivity contribution < 1.29 is 14.3 Å². The van der Waals surface area contributed by atoms with Crippen LogP contribution in [0.2, 0.25) is 10.0 Å². The van der Waals surface area contributed by atoms with Crippen LogP contribution < -0.4 is 0 Å². The first-order valence-corrected chi connectivity index (χ1v) is 7.18. The van der Waals surface area contributed by atoms with Crippen LogP contribution >= 0.6 is 23.2 Å². The van der Waals surface area contributed by atoms with Gasteiger partial charge in [-0.3, -0.25) is 0 Å². The maximum absolute atomic E-state index is 13.9. The summed E-state index contributed by atoms with van der Waals surface area (Å²) in [6, 6.07) is 10.9. The van der Waals surface area contributed by atoms with Gasteiger partial charge in [-0.15, -0.1) is 0 Å². The third-order valence-corrected chi connectivity index (χ3v) is 4.18. The van der Waals surface area contributed by atoms with Crippen LogP contribution in [-0.2, 0) is 6.54 Å². The number of nitrogens with zero attached hydrogens (tertiary/aromatic N) is 1. The number of aromatic nitrogens is 1. The van der Waals surface area contributed by atoms with Gasteiger partial charge in [0, 0.05) is 11.9 Å². The molecule has 0 radical (unpaired) electrons. The fraction of sp³-hybridized carbons (Fsp3) is 0.0625. The van der Waals surface area contributed by atoms with E-state index in [9.17, 15) is 14.3 Å². The average molecular weight is 338 g/mol. The molecule has 0 spiro atoms. The number of fused-ring (bicyclic) bond motifs is 1. The summed E-state index contributed by atoms with van der Waals surface area (Å²) in [5, 5.41) is 10.4. The van der Waals surface area contributed by atoms with Crippen molar-refractivity contribution in [1.29, 1.82) is 0 Å². The molecule has 22 heavy (non-hydrogen) atoms. The van der Waals surface area contributed by atoms with Crippen molar-refractivity contribution in [3.05, 3.63) is 69.6 Å². The molecule has 0 saturated heterocycles. The molecule has 3 rings (SSSR count). The van der Waals surface area contributed by atoms with E-state index in [-0.39, 0.29) is 17.6 Å². The number of carbonyl (C=O) groups is 1. The predicted molar refractivity (Wildman–Crippen MR) is 84.4 cm³/mol. The molecule has 0 aliphatic carbocycles. The molecule has 0 aliphatic heterocycles. The maximum atomic E-state index is 13.9. The van der Waals surface area contributed by atoms with E-state index in [1.54, 1.807) is 34.9 Å². The maximum Gasteiger partial charge on any atom is 0.352 e. The predicted octanol–water partition coefficient (Wildman–Crippen LogP) is 4.83. The Morgan fingerprint density at radius 1 is 1.14 bits per heavy atom. The van der Waals surface area contributed by atoms with E-state index in [2.05, 4.69) is 0 Å². The van der Waals surface area contributed by atoms with Crippen LogP contribution in [0.4, 0.5) is 4.39 Å². The van der Waals surface area contributed by atoms with Gasteiger partial charge in [-0.25, -0.2) is 9.18 Å². The summed E-state index contributed by atoms with van der Waals surface area (Å²) in [5.41, 5.74) is 1.31. The van der Waals surface area contributed by atoms with Crippen LogP contribution in [0.15, 0.2) is 42.5 Å². The van der Waals surface area contributed by atoms with Gasteiger partial charge in [0.15, 0.2) is 0 Å². The lowest BCUT2D eigenvalue weighted by molar-refractivity contribution is 0.0686. The molecule has 1 aromatic heterocycles. The van der Waals surface area contributed by atoms with Crippen molar-refractivity contribution in [3.63, 3.8) is 0 Å². The molecule has 3 aromatic rings. The van der Waals surface area contributed by atoms with E-state index in [4.69, 9.17) is 23.2 Å². The number of aromatic carboxylic acids is 1. The number of benzene rings is 2. The molecule has 0 bridgehead atoms. The smallest absolute Gasteiger partial charge is 0.352 e. The highest BCUT2D eigenvalue weighted by atomic mass is 35.5. The van der Waals surface area contributed by atoms with Gasteiger partial charge in [-0.2, -0.15) is 0 Å². The molecule has 6 heteroatoms. The Kier molecular flexibility index (Phi) is 3.81. The number of hydrogen-bond acceptors (Lipinski definition) is 1. The second-order valence-corrected chi connectivity index (χ2v) is 5.66. The largest absolute Gasteiger partial charge is 0.477 e. The van der Waals surface area contributed by atoms with Crippen molar-refractivity contribution >= 4 is 40.1 Å². The molecule has 0 amide bonds. The van der Waals surface area contributed by atoms with Gasteiger partial charge in [-0.05, 0) is 35.9 Å². The van der Waals surface area contributed by atoms with Crippen LogP contribution in [0.1, 0.15) is 16.1 Å². The van der Waals surface area contributed by atoms with Gasteiger partial charge in [0.05, 0.1) is 15.6 Å². The molecule has 2 aromatic carbocycles. The van der Waals surface area contributed by atoms with Gasteiger partial charge in [0.1, 0.15) is 11.5 Å². The SMILES string of the molecule is O=C(O)c1cc2c(F)cccc2n1Cc1ccc(Cl)c(Cl)c1. The zero-order valence-corrected chi connectivity index (χ0v) is 12.7. The molecule has 0 saturated carbocycles. The Labute approximate surface area is 135 Å². The second-order valence-electron chi connectivity index (χ2n) is 4.84. The highest BCUT2D eigenvalue weighted by molar-refractivity contribution is 6.42. The highest BCUT2D eigenvalue weighted by Crippen LogP contribution is 2.26. The lowest BCUT2D eigenvalue weighted by Gasteiger charge is -2.09. The minimum absolute atomic E-state index is 0.0196. The first-order valence-electron chi connectivity index (χ1n) is 6.42. The first-order chi connectivity index (χ1) is 10.5. The van der Waals surface area contributed by atoms with Crippen LogP contribution in [0.5, 0.6) is 0 Å². The van der Waals surface area contributed by atoms with Gasteiger partial charge in [0.25, 0.3) is 0 Å². The third kappa shape index (κ3) is 2.56. The Bertz CT molecular complexity index is 889. The number of carboxylic acid groups (broad SMARTS) is 1. The van der Waals surface area contributed by atoms with Crippen LogP contribution in [0.3, 0.4) is 0 Å². The highest BCUT2D eigenvalue weighted by Gasteiger charge is 2.17. The molecular weight excluding hydrogens is 328 g/mol. The molecule has 0 fully saturated rings. The first kappa shape index (κ1) is 14.9. The summed E-state index contributed by atoms with van der Waals surface area (Å²) >= 11 is 11.9. The normalized spacial score (nSPS) is 11.0. The van der Waals surface area contributed by atoms with E-state index < -0.39 is 11.8 Å². The number of hydrogen-bond donors (Lipinski definition) is 1. The Balaban J connectivity index is 2.16. The average Bonchev–Trinajstić information content (AvgIpc) is 2.84. The fourth-order valence-electron chi connectivity index (χ4n) is 2.42. The number of halogens is 3. The van der Waals surface area contributed by atoms with Crippen molar-refractivity contribution in [3.8, 4) is 0 Å². The van der Waals surface area contributed by atoms with Crippen LogP contribution in [-0.4, -0.2) is 15.6 Å². The minimum atomic E-state index is -1.12. The summed E-state index contributed by atoms with van der Waals surface area (Å²) in [4.78, 5) is 11.4. The quantitative estimate of drug-likeness (QED) is 0.743. The van der Waals surface area contributed by atoms with Crippen molar-refractivity contribution in [2.75, 3.05) is 0 Å². The van der Waals surface area contributed by atoms with Crippen molar-refractivity contribution in [1.82, 2.24) is 4.57 Å². The van der Waals surface area contributed by atoms with Crippen molar-refractivity contribution in [2.45, 2.75) is 6.54 Å². The minimum Gasteiger partial charge on any atom is -0.477 e. The van der Waals surface area contributed by atoms with E-state index in [0.29, 0.717) is 15.6 Å². The van der Waals surface area contributed by atoms with Crippen LogP contribution in [0, 0.1) is 5.82 Å². The summed E-state index contributed by atoms with van der Waals surface area (Å²) < 4.78 is 15.4. The molecule has 0 aliphatic rings. The second kappa shape index (κ2) is 5.63. The summed E-state index contributed by atoms with van der Waals surface area (Å²) in [7, 11) is 0. The van der Waals surface area contributed by atoms with Crippen molar-refractivity contribution in [2.24, 2.45) is 0 Å². The third-order valence-electron chi connectivity index (χ3n) is 3.44. The van der Waals surface area contributed by atoms with Crippen LogP contribution in [0.25, 0.3) is 10.9 Å². The standard InChI is InChI=1S/C16H10Cl2FNO2/c17-11-5-4-9(6-12(11)18)8-20-14-3-1-2-13(19)10(14)7-15(20)16(21)22/h1-7H,8H2,(H,21,22). The monoisotopic (exact) mass is 337 g/mol. The Hall–Kier alpha value is -2.04. The Morgan fingerprint density at radius 3 is 2.59 bits per heavy atom. The molecule has 112 valence electrons. The summed E-state index contributed by atoms with van der Waals surface area (Å²) in [6.45, 7) is 0.255. The van der Waals surface area contributed by atoms with E-state index in [0.717, 1.165) is 5.56 Å². The molecule has 0 atom stereocenters. The molecule has 0 unspecified atom stereocenters. The lowest BCUT2D eigenvalue weighted by Crippen LogP contribution is -2.09. The molecule has 1 N–H and O–H groups in total.